The maximum atomic E-state index is 6.18. The third kappa shape index (κ3) is 3.15. The molecule has 2 aromatic rings. The minimum atomic E-state index is -0.311. The fraction of sp³-hybridized carbons (Fsp3) is 0.429. The van der Waals surface area contributed by atoms with Crippen molar-refractivity contribution >= 4 is 29.9 Å². The molecule has 3 nitrogen and oxygen atoms in total. The molecular formula is C21H25BClNO2. The van der Waals surface area contributed by atoms with E-state index in [1.54, 1.807) is 0 Å². The maximum Gasteiger partial charge on any atom is 0.494 e. The fourth-order valence-corrected chi connectivity index (χ4v) is 3.73. The molecule has 26 heavy (non-hydrogen) atoms. The largest absolute Gasteiger partial charge is 0.494 e. The molecule has 0 spiro atoms. The SMILES string of the molecule is CC1(C)OB(c2ccc(CN3CCc4ccc(Cl)cc43)cc2)OC1(C)C. The first-order valence-corrected chi connectivity index (χ1v) is 9.61. The van der Waals surface area contributed by atoms with Crippen LogP contribution in [0.1, 0.15) is 38.8 Å². The minimum Gasteiger partial charge on any atom is -0.399 e. The number of hydrogen-bond acceptors (Lipinski definition) is 3. The molecule has 2 heterocycles. The van der Waals surface area contributed by atoms with Crippen molar-refractivity contribution in [1.82, 2.24) is 0 Å². The van der Waals surface area contributed by atoms with E-state index in [0.29, 0.717) is 0 Å². The van der Waals surface area contributed by atoms with Gasteiger partial charge in [0.15, 0.2) is 0 Å². The van der Waals surface area contributed by atoms with E-state index in [1.807, 2.05) is 6.07 Å². The Kier molecular flexibility index (Phi) is 4.34. The van der Waals surface area contributed by atoms with Gasteiger partial charge in [0.1, 0.15) is 0 Å². The topological polar surface area (TPSA) is 21.7 Å². The van der Waals surface area contributed by atoms with Crippen molar-refractivity contribution in [2.45, 2.75) is 51.9 Å². The molecule has 0 unspecified atom stereocenters. The van der Waals surface area contributed by atoms with Crippen molar-refractivity contribution in [2.75, 3.05) is 11.4 Å². The van der Waals surface area contributed by atoms with Gasteiger partial charge in [0.25, 0.3) is 0 Å². The summed E-state index contributed by atoms with van der Waals surface area (Å²) in [6.45, 7) is 10.2. The van der Waals surface area contributed by atoms with E-state index in [2.05, 4.69) is 69.0 Å². The van der Waals surface area contributed by atoms with Crippen LogP contribution >= 0.6 is 11.6 Å². The molecule has 2 aromatic carbocycles. The first-order valence-electron chi connectivity index (χ1n) is 9.23. The molecule has 0 bridgehead atoms. The molecule has 0 aromatic heterocycles. The van der Waals surface area contributed by atoms with Gasteiger partial charge in [-0.3, -0.25) is 0 Å². The summed E-state index contributed by atoms with van der Waals surface area (Å²) in [5.74, 6) is 0. The fourth-order valence-electron chi connectivity index (χ4n) is 3.56. The molecule has 1 fully saturated rings. The van der Waals surface area contributed by atoms with Gasteiger partial charge >= 0.3 is 7.12 Å². The van der Waals surface area contributed by atoms with Crippen LogP contribution in [0.25, 0.3) is 0 Å². The normalized spacial score (nSPS) is 20.5. The smallest absolute Gasteiger partial charge is 0.399 e. The quantitative estimate of drug-likeness (QED) is 0.757. The highest BCUT2D eigenvalue weighted by atomic mass is 35.5. The Hall–Kier alpha value is -1.49. The van der Waals surface area contributed by atoms with Crippen molar-refractivity contribution < 1.29 is 9.31 Å². The van der Waals surface area contributed by atoms with E-state index in [-0.39, 0.29) is 18.3 Å². The van der Waals surface area contributed by atoms with Crippen LogP contribution in [-0.2, 0) is 22.3 Å². The summed E-state index contributed by atoms with van der Waals surface area (Å²) in [4.78, 5) is 2.39. The lowest BCUT2D eigenvalue weighted by atomic mass is 9.79. The Bertz CT molecular complexity index is 803. The van der Waals surface area contributed by atoms with E-state index in [9.17, 15) is 0 Å². The second kappa shape index (κ2) is 6.30. The number of nitrogens with zero attached hydrogens (tertiary/aromatic N) is 1. The summed E-state index contributed by atoms with van der Waals surface area (Å²) in [6, 6.07) is 14.8. The Morgan fingerprint density at radius 1 is 1.00 bits per heavy atom. The lowest BCUT2D eigenvalue weighted by molar-refractivity contribution is 0.00578. The highest BCUT2D eigenvalue weighted by molar-refractivity contribution is 6.62. The van der Waals surface area contributed by atoms with Crippen LogP contribution in [0.5, 0.6) is 0 Å². The van der Waals surface area contributed by atoms with Crippen LogP contribution < -0.4 is 10.4 Å². The summed E-state index contributed by atoms with van der Waals surface area (Å²) in [5.41, 5.74) is 4.36. The van der Waals surface area contributed by atoms with Crippen LogP contribution in [0.2, 0.25) is 5.02 Å². The van der Waals surface area contributed by atoms with Crippen molar-refractivity contribution in [3.63, 3.8) is 0 Å². The predicted octanol–water partition coefficient (Wildman–Crippen LogP) is 4.20. The summed E-state index contributed by atoms with van der Waals surface area (Å²) >= 11 is 6.18. The first kappa shape index (κ1) is 17.9. The van der Waals surface area contributed by atoms with Crippen molar-refractivity contribution in [3.8, 4) is 0 Å². The number of rotatable bonds is 3. The second-order valence-corrected chi connectivity index (χ2v) is 8.71. The molecule has 0 aliphatic carbocycles. The van der Waals surface area contributed by atoms with Crippen LogP contribution in [0.4, 0.5) is 5.69 Å². The number of benzene rings is 2. The van der Waals surface area contributed by atoms with E-state index in [1.165, 1.54) is 16.8 Å². The zero-order chi connectivity index (χ0) is 18.5. The van der Waals surface area contributed by atoms with Gasteiger partial charge in [0.05, 0.1) is 11.2 Å². The predicted molar refractivity (Wildman–Crippen MR) is 108 cm³/mol. The van der Waals surface area contributed by atoms with Crippen molar-refractivity contribution in [3.05, 3.63) is 58.6 Å². The van der Waals surface area contributed by atoms with Gasteiger partial charge in [-0.1, -0.05) is 41.9 Å². The average Bonchev–Trinajstić information content (AvgIpc) is 3.06. The van der Waals surface area contributed by atoms with Crippen molar-refractivity contribution in [2.24, 2.45) is 0 Å². The molecule has 4 rings (SSSR count). The summed E-state index contributed by atoms with van der Waals surface area (Å²) in [6.07, 6.45) is 1.08. The van der Waals surface area contributed by atoms with Crippen molar-refractivity contribution in [1.29, 1.82) is 0 Å². The van der Waals surface area contributed by atoms with Crippen LogP contribution in [0.3, 0.4) is 0 Å². The number of halogens is 1. The molecule has 2 aliphatic rings. The highest BCUT2D eigenvalue weighted by Gasteiger charge is 2.51. The molecule has 1 saturated heterocycles. The highest BCUT2D eigenvalue weighted by Crippen LogP contribution is 2.36. The monoisotopic (exact) mass is 369 g/mol. The van der Waals surface area contributed by atoms with E-state index in [4.69, 9.17) is 20.9 Å². The molecule has 0 radical (unpaired) electrons. The van der Waals surface area contributed by atoms with E-state index in [0.717, 1.165) is 30.0 Å². The van der Waals surface area contributed by atoms with Gasteiger partial charge in [-0.25, -0.2) is 0 Å². The zero-order valence-electron chi connectivity index (χ0n) is 15.9. The van der Waals surface area contributed by atoms with Gasteiger partial charge in [0, 0.05) is 23.8 Å². The van der Waals surface area contributed by atoms with Gasteiger partial charge in [-0.2, -0.15) is 0 Å². The van der Waals surface area contributed by atoms with E-state index < -0.39 is 0 Å². The molecule has 2 aliphatic heterocycles. The Morgan fingerprint density at radius 3 is 2.31 bits per heavy atom. The minimum absolute atomic E-state index is 0.305. The molecule has 0 N–H and O–H groups in total. The molecule has 136 valence electrons. The van der Waals surface area contributed by atoms with E-state index >= 15 is 0 Å². The second-order valence-electron chi connectivity index (χ2n) is 8.27. The van der Waals surface area contributed by atoms with Crippen LogP contribution in [-0.4, -0.2) is 24.9 Å². The number of fused-ring (bicyclic) bond motifs is 1. The van der Waals surface area contributed by atoms with Gasteiger partial charge in [-0.15, -0.1) is 0 Å². The van der Waals surface area contributed by atoms with Crippen LogP contribution in [0, 0.1) is 0 Å². The molecule has 5 heteroatoms. The van der Waals surface area contributed by atoms with Gasteiger partial charge in [-0.05, 0) is 62.8 Å². The van der Waals surface area contributed by atoms with Crippen LogP contribution in [0.15, 0.2) is 42.5 Å². The molecular weight excluding hydrogens is 345 g/mol. The third-order valence-corrected chi connectivity index (χ3v) is 6.15. The Morgan fingerprint density at radius 2 is 1.65 bits per heavy atom. The Balaban J connectivity index is 1.48. The summed E-state index contributed by atoms with van der Waals surface area (Å²) in [5, 5.41) is 0.798. The standard InChI is InChI=1S/C21H25BClNO2/c1-20(2)21(3,4)26-22(25-20)17-8-5-15(6-9-17)14-24-12-11-16-7-10-18(23)13-19(16)24/h5-10,13H,11-12,14H2,1-4H3. The first-order chi connectivity index (χ1) is 12.2. The molecule has 0 saturated carbocycles. The zero-order valence-corrected chi connectivity index (χ0v) is 16.6. The maximum absolute atomic E-state index is 6.18. The number of hydrogen-bond donors (Lipinski definition) is 0. The lowest BCUT2D eigenvalue weighted by Crippen LogP contribution is -2.41. The van der Waals surface area contributed by atoms with Gasteiger partial charge in [0.2, 0.25) is 0 Å². The average molecular weight is 370 g/mol. The lowest BCUT2D eigenvalue weighted by Gasteiger charge is -2.32. The molecule has 0 amide bonds. The summed E-state index contributed by atoms with van der Waals surface area (Å²) in [7, 11) is -0.305. The molecule has 0 atom stereocenters. The summed E-state index contributed by atoms with van der Waals surface area (Å²) < 4.78 is 12.3. The Labute approximate surface area is 161 Å². The van der Waals surface area contributed by atoms with Gasteiger partial charge < -0.3 is 14.2 Å². The third-order valence-electron chi connectivity index (χ3n) is 5.92. The number of anilines is 1.